The molecule has 0 aliphatic heterocycles. The van der Waals surface area contributed by atoms with Crippen LogP contribution in [0, 0.1) is 0 Å². The Morgan fingerprint density at radius 1 is 1.37 bits per heavy atom. The third-order valence-electron chi connectivity index (χ3n) is 3.03. The minimum Gasteiger partial charge on any atom is -0.427 e. The van der Waals surface area contributed by atoms with E-state index in [1.54, 1.807) is 27.2 Å². The number of methoxy groups -OCH3 is 1. The van der Waals surface area contributed by atoms with Crippen molar-refractivity contribution in [1.82, 2.24) is 0 Å². The summed E-state index contributed by atoms with van der Waals surface area (Å²) in [6, 6.07) is 0. The first kappa shape index (κ1) is 18.2. The summed E-state index contributed by atoms with van der Waals surface area (Å²) >= 11 is 0. The van der Waals surface area contributed by atoms with Crippen molar-refractivity contribution in [3.63, 3.8) is 0 Å². The molecule has 3 N–H and O–H groups in total. The van der Waals surface area contributed by atoms with Gasteiger partial charge in [0.15, 0.2) is 0 Å². The lowest BCUT2D eigenvalue weighted by atomic mass is 9.83. The molecule has 0 aromatic carbocycles. The van der Waals surface area contributed by atoms with Crippen molar-refractivity contribution in [3.8, 4) is 0 Å². The van der Waals surface area contributed by atoms with Crippen LogP contribution in [0.25, 0.3) is 0 Å². The van der Waals surface area contributed by atoms with E-state index in [-0.39, 0.29) is 0 Å². The molecular formula is C13H26BN2O3. The fourth-order valence-corrected chi connectivity index (χ4v) is 0.942. The SMILES string of the molecule is COCCCN=CC([B]OC(C)(C)C(C)(C)O)=CN. The Morgan fingerprint density at radius 2 is 2.00 bits per heavy atom. The van der Waals surface area contributed by atoms with Gasteiger partial charge in [0, 0.05) is 26.5 Å². The van der Waals surface area contributed by atoms with Crippen molar-refractivity contribution in [1.29, 1.82) is 0 Å². The zero-order valence-corrected chi connectivity index (χ0v) is 12.6. The summed E-state index contributed by atoms with van der Waals surface area (Å²) in [4.78, 5) is 4.22. The molecule has 6 heteroatoms. The van der Waals surface area contributed by atoms with Gasteiger partial charge < -0.3 is 20.2 Å². The first-order valence-electron chi connectivity index (χ1n) is 6.38. The van der Waals surface area contributed by atoms with Crippen LogP contribution in [-0.4, -0.2) is 50.3 Å². The molecular weight excluding hydrogens is 243 g/mol. The molecule has 5 nitrogen and oxygen atoms in total. The summed E-state index contributed by atoms with van der Waals surface area (Å²) in [7, 11) is 3.17. The summed E-state index contributed by atoms with van der Waals surface area (Å²) in [6.45, 7) is 8.39. The van der Waals surface area contributed by atoms with Crippen LogP contribution < -0.4 is 5.73 Å². The van der Waals surface area contributed by atoms with Gasteiger partial charge in [-0.05, 0) is 45.8 Å². The van der Waals surface area contributed by atoms with E-state index in [0.29, 0.717) is 18.6 Å². The third-order valence-corrected chi connectivity index (χ3v) is 3.03. The lowest BCUT2D eigenvalue weighted by Crippen LogP contribution is -2.48. The van der Waals surface area contributed by atoms with Gasteiger partial charge in [-0.2, -0.15) is 0 Å². The number of nitrogens with zero attached hydrogens (tertiary/aromatic N) is 1. The normalized spacial score (nSPS) is 14.1. The first-order valence-corrected chi connectivity index (χ1v) is 6.38. The largest absolute Gasteiger partial charge is 0.427 e. The van der Waals surface area contributed by atoms with Gasteiger partial charge in [0.1, 0.15) is 0 Å². The summed E-state index contributed by atoms with van der Waals surface area (Å²) in [5.41, 5.74) is 4.49. The second kappa shape index (κ2) is 8.35. The van der Waals surface area contributed by atoms with Gasteiger partial charge in [0.05, 0.1) is 11.2 Å². The number of aliphatic hydroxyl groups is 1. The average Bonchev–Trinajstić information content (AvgIpc) is 2.31. The lowest BCUT2D eigenvalue weighted by Gasteiger charge is -2.37. The Labute approximate surface area is 117 Å². The highest BCUT2D eigenvalue weighted by molar-refractivity contribution is 6.46. The highest BCUT2D eigenvalue weighted by Crippen LogP contribution is 2.24. The zero-order valence-electron chi connectivity index (χ0n) is 12.6. The molecule has 0 heterocycles. The summed E-state index contributed by atoms with van der Waals surface area (Å²) in [5, 5.41) is 9.96. The molecule has 0 aliphatic rings. The molecule has 0 atom stereocenters. The zero-order chi connectivity index (χ0) is 14.9. The van der Waals surface area contributed by atoms with Crippen molar-refractivity contribution in [2.45, 2.75) is 45.3 Å². The fourth-order valence-electron chi connectivity index (χ4n) is 0.942. The van der Waals surface area contributed by atoms with Crippen LogP contribution in [0.5, 0.6) is 0 Å². The van der Waals surface area contributed by atoms with Crippen LogP contribution in [0.15, 0.2) is 16.7 Å². The van der Waals surface area contributed by atoms with Crippen molar-refractivity contribution >= 4 is 13.7 Å². The van der Waals surface area contributed by atoms with Gasteiger partial charge in [-0.3, -0.25) is 4.99 Å². The van der Waals surface area contributed by atoms with E-state index in [2.05, 4.69) is 4.99 Å². The number of ether oxygens (including phenoxy) is 1. The average molecular weight is 269 g/mol. The van der Waals surface area contributed by atoms with E-state index < -0.39 is 11.2 Å². The van der Waals surface area contributed by atoms with Gasteiger partial charge in [0.2, 0.25) is 0 Å². The first-order chi connectivity index (χ1) is 8.74. The second-order valence-corrected chi connectivity index (χ2v) is 5.35. The highest BCUT2D eigenvalue weighted by atomic mass is 16.5. The smallest absolute Gasteiger partial charge is 0.333 e. The standard InChI is InChI=1S/C13H26BN2O3/c1-12(2,17)13(3,4)19-14-11(9-15)10-16-7-6-8-18-5/h9-10,17H,6-8,15H2,1-5H3. The Balaban J connectivity index is 4.22. The van der Waals surface area contributed by atoms with E-state index in [1.165, 1.54) is 13.7 Å². The van der Waals surface area contributed by atoms with Crippen LogP contribution in [0.1, 0.15) is 34.1 Å². The molecule has 0 amide bonds. The molecule has 0 rings (SSSR count). The Morgan fingerprint density at radius 3 is 2.47 bits per heavy atom. The summed E-state index contributed by atoms with van der Waals surface area (Å²) in [6.07, 6.45) is 3.93. The Hall–Kier alpha value is -0.845. The van der Waals surface area contributed by atoms with Crippen molar-refractivity contribution < 1.29 is 14.5 Å². The molecule has 0 unspecified atom stereocenters. The van der Waals surface area contributed by atoms with Gasteiger partial charge >= 0.3 is 7.48 Å². The molecule has 0 saturated heterocycles. The van der Waals surface area contributed by atoms with Gasteiger partial charge in [-0.25, -0.2) is 0 Å². The van der Waals surface area contributed by atoms with Gasteiger partial charge in [-0.1, -0.05) is 0 Å². The van der Waals surface area contributed by atoms with E-state index in [0.717, 1.165) is 6.42 Å². The molecule has 0 aromatic rings. The van der Waals surface area contributed by atoms with Crippen LogP contribution in [0.3, 0.4) is 0 Å². The molecule has 0 bridgehead atoms. The lowest BCUT2D eigenvalue weighted by molar-refractivity contribution is -0.0895. The number of nitrogens with two attached hydrogens (primary N) is 1. The molecule has 0 fully saturated rings. The van der Waals surface area contributed by atoms with Crippen molar-refractivity contribution in [2.24, 2.45) is 10.7 Å². The Kier molecular flexibility index (Phi) is 7.98. The quantitative estimate of drug-likeness (QED) is 0.373. The monoisotopic (exact) mass is 269 g/mol. The molecule has 0 spiro atoms. The molecule has 0 aliphatic carbocycles. The van der Waals surface area contributed by atoms with Crippen LogP contribution in [-0.2, 0) is 9.39 Å². The summed E-state index contributed by atoms with van der Waals surface area (Å²) < 4.78 is 10.5. The van der Waals surface area contributed by atoms with Crippen molar-refractivity contribution in [2.75, 3.05) is 20.3 Å². The van der Waals surface area contributed by atoms with Gasteiger partial charge in [0.25, 0.3) is 0 Å². The third kappa shape index (κ3) is 7.35. The maximum Gasteiger partial charge on any atom is 0.333 e. The molecule has 19 heavy (non-hydrogen) atoms. The number of aliphatic imine (C=N–C) groups is 1. The maximum absolute atomic E-state index is 9.96. The van der Waals surface area contributed by atoms with Crippen LogP contribution in [0.2, 0.25) is 0 Å². The van der Waals surface area contributed by atoms with E-state index >= 15 is 0 Å². The van der Waals surface area contributed by atoms with Gasteiger partial charge in [-0.15, -0.1) is 0 Å². The number of hydrogen-bond acceptors (Lipinski definition) is 5. The molecule has 1 radical (unpaired) electrons. The number of allylic oxidation sites excluding steroid dienone is 1. The van der Waals surface area contributed by atoms with E-state index in [1.807, 2.05) is 13.8 Å². The van der Waals surface area contributed by atoms with Crippen molar-refractivity contribution in [3.05, 3.63) is 11.7 Å². The van der Waals surface area contributed by atoms with E-state index in [4.69, 9.17) is 15.1 Å². The second-order valence-electron chi connectivity index (χ2n) is 5.35. The van der Waals surface area contributed by atoms with Crippen LogP contribution >= 0.6 is 0 Å². The predicted octanol–water partition coefficient (Wildman–Crippen LogP) is 1.08. The molecule has 0 saturated carbocycles. The minimum absolute atomic E-state index is 0.662. The molecule has 109 valence electrons. The molecule has 0 aromatic heterocycles. The maximum atomic E-state index is 9.96. The minimum atomic E-state index is -0.960. The highest BCUT2D eigenvalue weighted by Gasteiger charge is 2.35. The van der Waals surface area contributed by atoms with E-state index in [9.17, 15) is 5.11 Å². The fraction of sp³-hybridized carbons (Fsp3) is 0.769. The Bertz CT molecular complexity index is 310. The van der Waals surface area contributed by atoms with Crippen LogP contribution in [0.4, 0.5) is 0 Å². The topological polar surface area (TPSA) is 77.1 Å². The number of hydrogen-bond donors (Lipinski definition) is 2. The number of rotatable bonds is 9. The summed E-state index contributed by atoms with van der Waals surface area (Å²) in [5.74, 6) is 0. The predicted molar refractivity (Wildman–Crippen MR) is 79.3 cm³/mol.